The number of hydrogen-bond donors (Lipinski definition) is 1. The van der Waals surface area contributed by atoms with Gasteiger partial charge in [-0.25, -0.2) is 0 Å². The van der Waals surface area contributed by atoms with Crippen LogP contribution in [0.15, 0.2) is 30.3 Å². The van der Waals surface area contributed by atoms with Crippen LogP contribution in [0, 0.1) is 13.8 Å². The zero-order valence-corrected chi connectivity index (χ0v) is 13.7. The molecule has 0 saturated carbocycles. The van der Waals surface area contributed by atoms with Crippen molar-refractivity contribution in [3.63, 3.8) is 0 Å². The highest BCUT2D eigenvalue weighted by atomic mass is 32.1. The summed E-state index contributed by atoms with van der Waals surface area (Å²) in [4.78, 5) is 5.04. The molecule has 2 rings (SSSR count). The summed E-state index contributed by atoms with van der Waals surface area (Å²) < 4.78 is 0. The Morgan fingerprint density at radius 2 is 1.65 bits per heavy atom. The van der Waals surface area contributed by atoms with Gasteiger partial charge in [-0.05, 0) is 50.7 Å². The predicted octanol–water partition coefficient (Wildman–Crippen LogP) is 3.72. The third-order valence-corrected chi connectivity index (χ3v) is 4.39. The van der Waals surface area contributed by atoms with Crippen LogP contribution in [-0.2, 0) is 19.6 Å². The van der Waals surface area contributed by atoms with Crippen molar-refractivity contribution in [2.24, 2.45) is 0 Å². The molecule has 0 spiro atoms. The van der Waals surface area contributed by atoms with Gasteiger partial charge in [-0.2, -0.15) is 0 Å². The molecule has 0 fully saturated rings. The van der Waals surface area contributed by atoms with Gasteiger partial charge in [0.05, 0.1) is 0 Å². The van der Waals surface area contributed by atoms with Crippen LogP contribution in [0.25, 0.3) is 0 Å². The van der Waals surface area contributed by atoms with Crippen LogP contribution in [0.5, 0.6) is 0 Å². The van der Waals surface area contributed by atoms with E-state index in [2.05, 4.69) is 68.5 Å². The Labute approximate surface area is 126 Å². The molecule has 0 aliphatic carbocycles. The summed E-state index contributed by atoms with van der Waals surface area (Å²) in [5, 5.41) is 3.57. The molecule has 1 aromatic heterocycles. The molecule has 0 atom stereocenters. The minimum absolute atomic E-state index is 0.929. The first-order chi connectivity index (χ1) is 9.56. The van der Waals surface area contributed by atoms with Crippen LogP contribution in [0.2, 0.25) is 0 Å². The van der Waals surface area contributed by atoms with E-state index in [1.807, 2.05) is 11.3 Å². The van der Waals surface area contributed by atoms with Gasteiger partial charge >= 0.3 is 0 Å². The molecule has 108 valence electrons. The second kappa shape index (κ2) is 7.02. The first-order valence-electron chi connectivity index (χ1n) is 7.04. The zero-order chi connectivity index (χ0) is 14.5. The van der Waals surface area contributed by atoms with E-state index >= 15 is 0 Å². The molecule has 2 aromatic rings. The van der Waals surface area contributed by atoms with Crippen LogP contribution in [-0.4, -0.2) is 19.0 Å². The van der Waals surface area contributed by atoms with Gasteiger partial charge in [0.25, 0.3) is 0 Å². The molecule has 0 aliphatic heterocycles. The van der Waals surface area contributed by atoms with Gasteiger partial charge in [0, 0.05) is 29.4 Å². The van der Waals surface area contributed by atoms with Crippen molar-refractivity contribution in [3.05, 3.63) is 56.8 Å². The molecule has 0 amide bonds. The fourth-order valence-electron chi connectivity index (χ4n) is 2.42. The molecule has 1 N–H and O–H groups in total. The third kappa shape index (κ3) is 4.17. The lowest BCUT2D eigenvalue weighted by Crippen LogP contribution is -2.17. The maximum atomic E-state index is 3.57. The van der Waals surface area contributed by atoms with E-state index in [-0.39, 0.29) is 0 Å². The Hall–Kier alpha value is -1.16. The van der Waals surface area contributed by atoms with E-state index in [0.29, 0.717) is 0 Å². The van der Waals surface area contributed by atoms with Crippen molar-refractivity contribution in [3.8, 4) is 0 Å². The first kappa shape index (κ1) is 15.2. The lowest BCUT2D eigenvalue weighted by atomic mass is 10.1. The number of rotatable bonds is 6. The predicted molar refractivity (Wildman–Crippen MR) is 88.2 cm³/mol. The molecular formula is C17H24N2S. The normalized spacial score (nSPS) is 11.2. The van der Waals surface area contributed by atoms with Gasteiger partial charge in [-0.3, -0.25) is 0 Å². The van der Waals surface area contributed by atoms with E-state index in [1.165, 1.54) is 26.4 Å². The zero-order valence-electron chi connectivity index (χ0n) is 12.9. The molecule has 0 aliphatic rings. The average Bonchev–Trinajstić information content (AvgIpc) is 2.69. The molecule has 20 heavy (non-hydrogen) atoms. The van der Waals surface area contributed by atoms with Crippen LogP contribution in [0.1, 0.15) is 26.4 Å². The molecule has 1 heterocycles. The topological polar surface area (TPSA) is 15.3 Å². The number of hydrogen-bond acceptors (Lipinski definition) is 3. The number of thiophene rings is 1. The maximum Gasteiger partial charge on any atom is 0.0230 e. The van der Waals surface area contributed by atoms with Gasteiger partial charge in [0.15, 0.2) is 0 Å². The molecule has 0 unspecified atom stereocenters. The highest BCUT2D eigenvalue weighted by molar-refractivity contribution is 7.12. The maximum absolute atomic E-state index is 3.57. The Bertz CT molecular complexity index is 558. The summed E-state index contributed by atoms with van der Waals surface area (Å²) in [5.41, 5.74) is 4.23. The molecular weight excluding hydrogens is 264 g/mol. The van der Waals surface area contributed by atoms with E-state index in [1.54, 1.807) is 0 Å². The lowest BCUT2D eigenvalue weighted by molar-refractivity contribution is 0.400. The third-order valence-electron chi connectivity index (χ3n) is 3.38. The molecule has 3 heteroatoms. The van der Waals surface area contributed by atoms with E-state index in [0.717, 1.165) is 19.6 Å². The Balaban J connectivity index is 1.95. The molecule has 0 bridgehead atoms. The largest absolute Gasteiger partial charge is 0.309 e. The van der Waals surface area contributed by atoms with Gasteiger partial charge < -0.3 is 10.2 Å². The van der Waals surface area contributed by atoms with E-state index in [4.69, 9.17) is 0 Å². The van der Waals surface area contributed by atoms with Crippen molar-refractivity contribution in [1.82, 2.24) is 10.2 Å². The highest BCUT2D eigenvalue weighted by Gasteiger charge is 2.05. The van der Waals surface area contributed by atoms with Crippen molar-refractivity contribution in [2.75, 3.05) is 14.1 Å². The summed E-state index contributed by atoms with van der Waals surface area (Å²) in [7, 11) is 4.23. The monoisotopic (exact) mass is 288 g/mol. The van der Waals surface area contributed by atoms with E-state index in [9.17, 15) is 0 Å². The van der Waals surface area contributed by atoms with Crippen LogP contribution in [0.4, 0.5) is 0 Å². The molecule has 1 aromatic carbocycles. The van der Waals surface area contributed by atoms with Gasteiger partial charge in [0.1, 0.15) is 0 Å². The number of nitrogens with zero attached hydrogens (tertiary/aromatic N) is 1. The smallest absolute Gasteiger partial charge is 0.0230 e. The minimum atomic E-state index is 0.929. The SMILES string of the molecule is Cc1cc(CNCc2ccccc2CN(C)C)c(C)s1. The minimum Gasteiger partial charge on any atom is -0.309 e. The Morgan fingerprint density at radius 1 is 1.00 bits per heavy atom. The summed E-state index contributed by atoms with van der Waals surface area (Å²) in [5.74, 6) is 0. The molecule has 0 saturated heterocycles. The van der Waals surface area contributed by atoms with Crippen molar-refractivity contribution < 1.29 is 0 Å². The van der Waals surface area contributed by atoms with Crippen LogP contribution >= 0.6 is 11.3 Å². The summed E-state index contributed by atoms with van der Waals surface area (Å²) >= 11 is 1.88. The Kier molecular flexibility index (Phi) is 5.35. The second-order valence-corrected chi connectivity index (χ2v) is 7.01. The van der Waals surface area contributed by atoms with Crippen LogP contribution < -0.4 is 5.32 Å². The lowest BCUT2D eigenvalue weighted by Gasteiger charge is -2.14. The van der Waals surface area contributed by atoms with Gasteiger partial charge in [0.2, 0.25) is 0 Å². The van der Waals surface area contributed by atoms with Crippen molar-refractivity contribution >= 4 is 11.3 Å². The van der Waals surface area contributed by atoms with E-state index < -0.39 is 0 Å². The standard InChI is InChI=1S/C17H24N2S/c1-13-9-17(14(2)20-13)11-18-10-15-7-5-6-8-16(15)12-19(3)4/h5-9,18H,10-12H2,1-4H3. The van der Waals surface area contributed by atoms with Crippen LogP contribution in [0.3, 0.4) is 0 Å². The average molecular weight is 288 g/mol. The number of nitrogens with one attached hydrogen (secondary N) is 1. The quantitative estimate of drug-likeness (QED) is 0.871. The summed E-state index contributed by atoms with van der Waals surface area (Å²) in [6.45, 7) is 7.25. The fourth-order valence-corrected chi connectivity index (χ4v) is 3.36. The van der Waals surface area contributed by atoms with Gasteiger partial charge in [-0.15, -0.1) is 11.3 Å². The summed E-state index contributed by atoms with van der Waals surface area (Å²) in [6.07, 6.45) is 0. The van der Waals surface area contributed by atoms with Gasteiger partial charge in [-0.1, -0.05) is 24.3 Å². The Morgan fingerprint density at radius 3 is 2.25 bits per heavy atom. The fraction of sp³-hybridized carbons (Fsp3) is 0.412. The highest BCUT2D eigenvalue weighted by Crippen LogP contribution is 2.20. The van der Waals surface area contributed by atoms with Crippen molar-refractivity contribution in [2.45, 2.75) is 33.5 Å². The van der Waals surface area contributed by atoms with Crippen molar-refractivity contribution in [1.29, 1.82) is 0 Å². The summed E-state index contributed by atoms with van der Waals surface area (Å²) in [6, 6.07) is 11.0. The number of benzene rings is 1. The molecule has 2 nitrogen and oxygen atoms in total. The first-order valence-corrected chi connectivity index (χ1v) is 7.86. The molecule has 0 radical (unpaired) electrons. The second-order valence-electron chi connectivity index (χ2n) is 5.55. The number of aryl methyl sites for hydroxylation is 2.